The van der Waals surface area contributed by atoms with Gasteiger partial charge in [0.05, 0.1) is 18.9 Å². The molecule has 2 aromatic rings. The highest BCUT2D eigenvalue weighted by molar-refractivity contribution is 7.88. The molecule has 6 rings (SSSR count). The largest absolute Gasteiger partial charge is 0.493 e. The van der Waals surface area contributed by atoms with Crippen LogP contribution < -0.4 is 9.46 Å². The zero-order valence-corrected chi connectivity index (χ0v) is 18.3. The second-order valence-corrected chi connectivity index (χ2v) is 10.6. The molecule has 0 aliphatic carbocycles. The van der Waals surface area contributed by atoms with Gasteiger partial charge >= 0.3 is 6.03 Å². The van der Waals surface area contributed by atoms with Gasteiger partial charge in [-0.25, -0.2) is 17.9 Å². The van der Waals surface area contributed by atoms with Crippen molar-refractivity contribution in [1.29, 1.82) is 0 Å². The van der Waals surface area contributed by atoms with Crippen molar-refractivity contribution in [2.45, 2.75) is 24.9 Å². The number of urea groups is 1. The summed E-state index contributed by atoms with van der Waals surface area (Å²) in [6, 6.07) is 15.7. The van der Waals surface area contributed by atoms with Gasteiger partial charge in [0, 0.05) is 37.2 Å². The van der Waals surface area contributed by atoms with Gasteiger partial charge in [-0.1, -0.05) is 42.5 Å². The Morgan fingerprint density at radius 1 is 1.10 bits per heavy atom. The minimum atomic E-state index is -3.37. The molecule has 0 spiro atoms. The highest BCUT2D eigenvalue weighted by Gasteiger charge is 2.42. The second kappa shape index (κ2) is 7.84. The predicted molar refractivity (Wildman–Crippen MR) is 118 cm³/mol. The molecule has 4 bridgehead atoms. The Morgan fingerprint density at radius 3 is 2.71 bits per heavy atom. The molecule has 2 atom stereocenters. The molecule has 2 amide bonds. The third-order valence-corrected chi connectivity index (χ3v) is 7.16. The lowest BCUT2D eigenvalue weighted by atomic mass is 9.96. The van der Waals surface area contributed by atoms with Crippen molar-refractivity contribution < 1.29 is 17.9 Å². The minimum Gasteiger partial charge on any atom is -0.493 e. The van der Waals surface area contributed by atoms with E-state index >= 15 is 0 Å². The van der Waals surface area contributed by atoms with Gasteiger partial charge in [0.2, 0.25) is 10.0 Å². The number of fused-ring (bicyclic) bond motifs is 1. The maximum absolute atomic E-state index is 13.2. The molecule has 8 heteroatoms. The maximum Gasteiger partial charge on any atom is 0.320 e. The van der Waals surface area contributed by atoms with Crippen LogP contribution in [0.5, 0.6) is 5.75 Å². The average Bonchev–Trinajstić information content (AvgIpc) is 3.07. The standard InChI is InChI=1S/C23H27N3O4S/c1-31(28,29)24-20-9-10-26-21(20)12-16-5-4-6-18(11-16)19-7-2-3-8-22(19)30-15-17-13-25(14-17)23(26)27/h2-8,11,17,20-21,24H,9-10,12-15H2,1H3. The molecule has 1 N–H and O–H groups in total. The summed E-state index contributed by atoms with van der Waals surface area (Å²) in [5.74, 6) is 1.15. The fourth-order valence-electron chi connectivity index (χ4n) is 4.92. The van der Waals surface area contributed by atoms with Crippen molar-refractivity contribution >= 4 is 16.1 Å². The predicted octanol–water partition coefficient (Wildman–Crippen LogP) is 2.33. The van der Waals surface area contributed by atoms with Gasteiger partial charge < -0.3 is 14.5 Å². The summed E-state index contributed by atoms with van der Waals surface area (Å²) < 4.78 is 32.8. The molecular weight excluding hydrogens is 414 g/mol. The van der Waals surface area contributed by atoms with Crippen molar-refractivity contribution in [1.82, 2.24) is 14.5 Å². The lowest BCUT2D eigenvalue weighted by Crippen LogP contribution is -2.58. The van der Waals surface area contributed by atoms with E-state index in [0.29, 0.717) is 45.0 Å². The third-order valence-electron chi connectivity index (χ3n) is 6.43. The van der Waals surface area contributed by atoms with Crippen LogP contribution in [-0.2, 0) is 16.4 Å². The Bertz CT molecular complexity index is 1100. The highest BCUT2D eigenvalue weighted by atomic mass is 32.2. The molecule has 2 saturated heterocycles. The first-order chi connectivity index (χ1) is 14.9. The molecule has 0 saturated carbocycles. The van der Waals surface area contributed by atoms with Gasteiger partial charge in [-0.15, -0.1) is 0 Å². The number of hydrogen-bond donors (Lipinski definition) is 1. The molecule has 164 valence electrons. The summed E-state index contributed by atoms with van der Waals surface area (Å²) in [6.45, 7) is 2.46. The van der Waals surface area contributed by atoms with Crippen molar-refractivity contribution in [3.8, 4) is 16.9 Å². The van der Waals surface area contributed by atoms with E-state index in [-0.39, 0.29) is 18.1 Å². The van der Waals surface area contributed by atoms with E-state index in [4.69, 9.17) is 4.74 Å². The molecule has 2 fully saturated rings. The summed E-state index contributed by atoms with van der Waals surface area (Å²) >= 11 is 0. The van der Waals surface area contributed by atoms with Gasteiger partial charge in [-0.2, -0.15) is 0 Å². The fraction of sp³-hybridized carbons (Fsp3) is 0.435. The number of ether oxygens (including phenoxy) is 1. The summed E-state index contributed by atoms with van der Waals surface area (Å²) in [4.78, 5) is 16.9. The Hall–Kier alpha value is -2.58. The summed E-state index contributed by atoms with van der Waals surface area (Å²) in [6.07, 6.45) is 2.39. The van der Waals surface area contributed by atoms with Gasteiger partial charge in [0.25, 0.3) is 0 Å². The van der Waals surface area contributed by atoms with Gasteiger partial charge in [-0.05, 0) is 30.0 Å². The topological polar surface area (TPSA) is 79.0 Å². The molecule has 2 unspecified atom stereocenters. The number of carbonyl (C=O) groups excluding carboxylic acids is 1. The SMILES string of the molecule is CS(=O)(=O)NC1CCN2C(=O)N3CC(COc4ccccc4-c4cccc(c4)CC12)C3. The van der Waals surface area contributed by atoms with E-state index in [9.17, 15) is 13.2 Å². The Morgan fingerprint density at radius 2 is 1.90 bits per heavy atom. The van der Waals surface area contributed by atoms with Crippen LogP contribution in [0.25, 0.3) is 11.1 Å². The van der Waals surface area contributed by atoms with Crippen LogP contribution >= 0.6 is 0 Å². The number of hydrogen-bond acceptors (Lipinski definition) is 4. The van der Waals surface area contributed by atoms with E-state index in [1.165, 1.54) is 6.26 Å². The van der Waals surface area contributed by atoms with Crippen molar-refractivity contribution in [3.05, 3.63) is 54.1 Å². The number of sulfonamides is 1. The third kappa shape index (κ3) is 4.14. The molecule has 7 nitrogen and oxygen atoms in total. The first-order valence-electron chi connectivity index (χ1n) is 10.7. The Labute approximate surface area is 183 Å². The number of para-hydroxylation sites is 1. The van der Waals surface area contributed by atoms with Crippen LogP contribution in [0.2, 0.25) is 0 Å². The number of carbonyl (C=O) groups is 1. The zero-order valence-electron chi connectivity index (χ0n) is 17.5. The molecule has 0 radical (unpaired) electrons. The number of benzene rings is 2. The van der Waals surface area contributed by atoms with Crippen LogP contribution in [0.15, 0.2) is 48.5 Å². The van der Waals surface area contributed by atoms with E-state index in [2.05, 4.69) is 22.9 Å². The van der Waals surface area contributed by atoms with Crippen LogP contribution in [-0.4, -0.2) is 68.8 Å². The average molecular weight is 442 g/mol. The Balaban J connectivity index is 1.54. The molecule has 4 heterocycles. The van der Waals surface area contributed by atoms with Crippen LogP contribution in [0.3, 0.4) is 0 Å². The number of nitrogens with one attached hydrogen (secondary N) is 1. The van der Waals surface area contributed by atoms with Crippen LogP contribution in [0.1, 0.15) is 12.0 Å². The lowest BCUT2D eigenvalue weighted by Gasteiger charge is -2.42. The van der Waals surface area contributed by atoms with Crippen molar-refractivity contribution in [2.75, 3.05) is 32.5 Å². The smallest absolute Gasteiger partial charge is 0.320 e. The summed E-state index contributed by atoms with van der Waals surface area (Å²) in [5.41, 5.74) is 3.17. The second-order valence-electron chi connectivity index (χ2n) is 8.81. The highest BCUT2D eigenvalue weighted by Crippen LogP contribution is 2.33. The number of amides is 2. The monoisotopic (exact) mass is 441 g/mol. The van der Waals surface area contributed by atoms with E-state index in [1.54, 1.807) is 0 Å². The van der Waals surface area contributed by atoms with Gasteiger partial charge in [-0.3, -0.25) is 0 Å². The first kappa shape index (κ1) is 20.3. The number of nitrogens with zero attached hydrogens (tertiary/aromatic N) is 2. The molecule has 0 aromatic heterocycles. The van der Waals surface area contributed by atoms with E-state index in [0.717, 1.165) is 22.4 Å². The van der Waals surface area contributed by atoms with E-state index < -0.39 is 10.0 Å². The molecule has 4 aliphatic rings. The summed E-state index contributed by atoms with van der Waals surface area (Å²) in [7, 11) is -3.37. The quantitative estimate of drug-likeness (QED) is 0.776. The van der Waals surface area contributed by atoms with Crippen LogP contribution in [0, 0.1) is 5.92 Å². The number of rotatable bonds is 2. The van der Waals surface area contributed by atoms with E-state index in [1.807, 2.05) is 40.1 Å². The van der Waals surface area contributed by atoms with Gasteiger partial charge in [0.15, 0.2) is 0 Å². The summed E-state index contributed by atoms with van der Waals surface area (Å²) in [5, 5.41) is 0. The fourth-order valence-corrected chi connectivity index (χ4v) is 5.74. The molecule has 31 heavy (non-hydrogen) atoms. The minimum absolute atomic E-state index is 0.00679. The van der Waals surface area contributed by atoms with Gasteiger partial charge in [0.1, 0.15) is 5.75 Å². The normalized spacial score (nSPS) is 25.7. The van der Waals surface area contributed by atoms with Crippen molar-refractivity contribution in [2.24, 2.45) is 5.92 Å². The molecule has 4 aliphatic heterocycles. The Kier molecular flexibility index (Phi) is 5.14. The zero-order chi connectivity index (χ0) is 21.6. The molecular formula is C23H27N3O4S. The van der Waals surface area contributed by atoms with Crippen molar-refractivity contribution in [3.63, 3.8) is 0 Å². The van der Waals surface area contributed by atoms with Crippen LogP contribution in [0.4, 0.5) is 4.79 Å². The maximum atomic E-state index is 13.2. The lowest BCUT2D eigenvalue weighted by molar-refractivity contribution is 0.0626. The first-order valence-corrected chi connectivity index (χ1v) is 12.6. The molecule has 2 aromatic carbocycles.